The van der Waals surface area contributed by atoms with Crippen molar-refractivity contribution < 1.29 is 8.42 Å². The lowest BCUT2D eigenvalue weighted by Crippen LogP contribution is -2.30. The van der Waals surface area contributed by atoms with Crippen LogP contribution in [-0.4, -0.2) is 19.3 Å². The lowest BCUT2D eigenvalue weighted by molar-refractivity contribution is 0.401. The predicted octanol–water partition coefficient (Wildman–Crippen LogP) is 3.15. The van der Waals surface area contributed by atoms with E-state index in [9.17, 15) is 8.42 Å². The fourth-order valence-electron chi connectivity index (χ4n) is 2.65. The number of benzene rings is 1. The lowest BCUT2D eigenvalue weighted by Gasteiger charge is -2.23. The second-order valence-corrected chi connectivity index (χ2v) is 7.80. The van der Waals surface area contributed by atoms with Gasteiger partial charge in [-0.2, -0.15) is 9.57 Å². The quantitative estimate of drug-likeness (QED) is 0.873. The molecule has 1 aliphatic heterocycles. The summed E-state index contributed by atoms with van der Waals surface area (Å²) in [5.74, 6) is 0. The van der Waals surface area contributed by atoms with E-state index in [-0.39, 0.29) is 10.9 Å². The Morgan fingerprint density at radius 1 is 1.29 bits per heavy atom. The predicted molar refractivity (Wildman–Crippen MR) is 81.3 cm³/mol. The van der Waals surface area contributed by atoms with Gasteiger partial charge in [-0.1, -0.05) is 12.1 Å². The van der Waals surface area contributed by atoms with Crippen LogP contribution < -0.4 is 0 Å². The van der Waals surface area contributed by atoms with Crippen molar-refractivity contribution in [2.24, 2.45) is 0 Å². The summed E-state index contributed by atoms with van der Waals surface area (Å²) < 4.78 is 27.2. The highest BCUT2D eigenvalue weighted by Gasteiger charge is 2.36. The first-order valence-electron chi connectivity index (χ1n) is 6.68. The third kappa shape index (κ3) is 2.60. The van der Waals surface area contributed by atoms with Gasteiger partial charge in [0.1, 0.15) is 0 Å². The minimum atomic E-state index is -3.56. The molecular weight excluding hydrogens is 304 g/mol. The molecule has 3 rings (SSSR count). The third-order valence-corrected chi connectivity index (χ3v) is 6.52. The molecule has 1 fully saturated rings. The van der Waals surface area contributed by atoms with Crippen LogP contribution in [0.15, 0.2) is 46.7 Å². The number of nitrogens with zero attached hydrogens (tertiary/aromatic N) is 2. The maximum atomic E-state index is 12.8. The van der Waals surface area contributed by atoms with Gasteiger partial charge in [-0.05, 0) is 42.5 Å². The first-order valence-corrected chi connectivity index (χ1v) is 9.00. The maximum absolute atomic E-state index is 12.8. The van der Waals surface area contributed by atoms with Gasteiger partial charge in [0.2, 0.25) is 10.0 Å². The van der Waals surface area contributed by atoms with E-state index in [2.05, 4.69) is 0 Å². The molecule has 0 spiro atoms. The van der Waals surface area contributed by atoms with Crippen LogP contribution in [0.3, 0.4) is 0 Å². The number of sulfonamides is 1. The Kier molecular flexibility index (Phi) is 3.81. The van der Waals surface area contributed by atoms with Gasteiger partial charge in [0.25, 0.3) is 0 Å². The fourth-order valence-corrected chi connectivity index (χ4v) is 5.32. The van der Waals surface area contributed by atoms with Crippen molar-refractivity contribution in [3.63, 3.8) is 0 Å². The van der Waals surface area contributed by atoms with Crippen LogP contribution >= 0.6 is 11.3 Å². The van der Waals surface area contributed by atoms with E-state index in [1.807, 2.05) is 23.6 Å². The summed E-state index contributed by atoms with van der Waals surface area (Å²) in [6, 6.07) is 12.1. The number of hydrogen-bond acceptors (Lipinski definition) is 4. The molecule has 4 nitrogen and oxygen atoms in total. The standard InChI is InChI=1S/C15H14N2O2S2/c16-11-12-4-1-5-13(10-12)21(18,19)17-8-2-6-14(17)15-7-3-9-20-15/h1,3-5,7,9-10,14H,2,6,8H2/t14-/m1/s1. The molecule has 2 heterocycles. The first kappa shape index (κ1) is 14.3. The van der Waals surface area contributed by atoms with Crippen molar-refractivity contribution in [3.8, 4) is 6.07 Å². The Hall–Kier alpha value is -1.68. The molecule has 2 aromatic rings. The molecule has 0 unspecified atom stereocenters. The van der Waals surface area contributed by atoms with Crippen molar-refractivity contribution in [1.82, 2.24) is 4.31 Å². The smallest absolute Gasteiger partial charge is 0.207 e. The van der Waals surface area contributed by atoms with Gasteiger partial charge in [-0.15, -0.1) is 11.3 Å². The number of thiophene rings is 1. The first-order chi connectivity index (χ1) is 10.1. The zero-order valence-corrected chi connectivity index (χ0v) is 12.9. The second-order valence-electron chi connectivity index (χ2n) is 4.93. The summed E-state index contributed by atoms with van der Waals surface area (Å²) in [4.78, 5) is 1.28. The lowest BCUT2D eigenvalue weighted by atomic mass is 10.2. The molecule has 0 radical (unpaired) electrons. The van der Waals surface area contributed by atoms with Gasteiger partial charge in [0.05, 0.1) is 22.6 Å². The SMILES string of the molecule is N#Cc1cccc(S(=O)(=O)N2CCC[C@@H]2c2cccs2)c1. The largest absolute Gasteiger partial charge is 0.243 e. The zero-order valence-electron chi connectivity index (χ0n) is 11.3. The third-order valence-electron chi connectivity index (χ3n) is 3.65. The van der Waals surface area contributed by atoms with Gasteiger partial charge >= 0.3 is 0 Å². The molecule has 21 heavy (non-hydrogen) atoms. The molecule has 1 aromatic heterocycles. The Balaban J connectivity index is 1.99. The summed E-state index contributed by atoms with van der Waals surface area (Å²) >= 11 is 1.58. The van der Waals surface area contributed by atoms with Crippen LogP contribution in [0.2, 0.25) is 0 Å². The monoisotopic (exact) mass is 318 g/mol. The molecule has 108 valence electrons. The molecule has 0 saturated carbocycles. The summed E-state index contributed by atoms with van der Waals surface area (Å²) in [7, 11) is -3.56. The van der Waals surface area contributed by atoms with Gasteiger partial charge in [0, 0.05) is 11.4 Å². The number of hydrogen-bond donors (Lipinski definition) is 0. The Morgan fingerprint density at radius 3 is 2.86 bits per heavy atom. The van der Waals surface area contributed by atoms with Crippen molar-refractivity contribution in [1.29, 1.82) is 5.26 Å². The highest BCUT2D eigenvalue weighted by atomic mass is 32.2. The summed E-state index contributed by atoms with van der Waals surface area (Å²) in [5.41, 5.74) is 0.364. The summed E-state index contributed by atoms with van der Waals surface area (Å²) in [6.07, 6.45) is 1.71. The van der Waals surface area contributed by atoms with E-state index < -0.39 is 10.0 Å². The molecule has 0 N–H and O–H groups in total. The van der Waals surface area contributed by atoms with E-state index >= 15 is 0 Å². The topological polar surface area (TPSA) is 61.2 Å². The van der Waals surface area contributed by atoms with E-state index in [1.165, 1.54) is 6.07 Å². The second kappa shape index (κ2) is 5.60. The molecule has 0 bridgehead atoms. The highest BCUT2D eigenvalue weighted by molar-refractivity contribution is 7.89. The number of rotatable bonds is 3. The molecule has 6 heteroatoms. The molecule has 1 saturated heterocycles. The van der Waals surface area contributed by atoms with E-state index in [0.29, 0.717) is 12.1 Å². The van der Waals surface area contributed by atoms with Gasteiger partial charge in [0.15, 0.2) is 0 Å². The van der Waals surface area contributed by atoms with E-state index in [4.69, 9.17) is 5.26 Å². The van der Waals surface area contributed by atoms with E-state index in [0.717, 1.165) is 17.7 Å². The van der Waals surface area contributed by atoms with Gasteiger partial charge in [-0.3, -0.25) is 0 Å². The van der Waals surface area contributed by atoms with Crippen LogP contribution in [0.1, 0.15) is 29.3 Å². The Labute approximate surface area is 128 Å². The molecule has 0 amide bonds. The maximum Gasteiger partial charge on any atom is 0.243 e. The Morgan fingerprint density at radius 2 is 2.14 bits per heavy atom. The van der Waals surface area contributed by atoms with E-state index in [1.54, 1.807) is 33.8 Å². The molecule has 1 aromatic carbocycles. The molecule has 1 aliphatic rings. The Bertz CT molecular complexity index is 776. The molecule has 1 atom stereocenters. The normalized spacial score (nSPS) is 19.5. The van der Waals surface area contributed by atoms with Crippen molar-refractivity contribution in [3.05, 3.63) is 52.2 Å². The summed E-state index contributed by atoms with van der Waals surface area (Å²) in [6.45, 7) is 0.529. The molecule has 0 aliphatic carbocycles. The number of nitriles is 1. The fraction of sp³-hybridized carbons (Fsp3) is 0.267. The molecular formula is C15H14N2O2S2. The minimum Gasteiger partial charge on any atom is -0.207 e. The van der Waals surface area contributed by atoms with Crippen LogP contribution in [0.4, 0.5) is 0 Å². The van der Waals surface area contributed by atoms with Crippen LogP contribution in [0.5, 0.6) is 0 Å². The van der Waals surface area contributed by atoms with Gasteiger partial charge < -0.3 is 0 Å². The van der Waals surface area contributed by atoms with Crippen LogP contribution in [0.25, 0.3) is 0 Å². The van der Waals surface area contributed by atoms with Gasteiger partial charge in [-0.25, -0.2) is 8.42 Å². The summed E-state index contributed by atoms with van der Waals surface area (Å²) in [5, 5.41) is 10.9. The van der Waals surface area contributed by atoms with Crippen molar-refractivity contribution >= 4 is 21.4 Å². The van der Waals surface area contributed by atoms with Crippen molar-refractivity contribution in [2.75, 3.05) is 6.54 Å². The zero-order chi connectivity index (χ0) is 14.9. The average Bonchev–Trinajstić information content (AvgIpc) is 3.17. The van der Waals surface area contributed by atoms with Crippen LogP contribution in [0, 0.1) is 11.3 Å². The highest BCUT2D eigenvalue weighted by Crippen LogP contribution is 2.38. The van der Waals surface area contributed by atoms with Crippen molar-refractivity contribution in [2.45, 2.75) is 23.8 Å². The average molecular weight is 318 g/mol. The van der Waals surface area contributed by atoms with Crippen LogP contribution in [-0.2, 0) is 10.0 Å². The minimum absolute atomic E-state index is 0.0826.